The Bertz CT molecular complexity index is 1300. The summed E-state index contributed by atoms with van der Waals surface area (Å²) in [5.41, 5.74) is 0.801. The van der Waals surface area contributed by atoms with E-state index in [-0.39, 0.29) is 35.6 Å². The Balaban J connectivity index is 1.36. The average molecular weight is 780 g/mol. The van der Waals surface area contributed by atoms with Crippen molar-refractivity contribution in [2.45, 2.75) is 165 Å². The molecule has 55 heavy (non-hydrogen) atoms. The van der Waals surface area contributed by atoms with Gasteiger partial charge in [-0.15, -0.1) is 0 Å². The van der Waals surface area contributed by atoms with E-state index in [1.54, 1.807) is 6.07 Å². The van der Waals surface area contributed by atoms with E-state index in [9.17, 15) is 44.7 Å². The van der Waals surface area contributed by atoms with Crippen LogP contribution in [0.3, 0.4) is 0 Å². The molecule has 0 saturated carbocycles. The molecular weight excluding hydrogens is 714 g/mol. The van der Waals surface area contributed by atoms with Gasteiger partial charge in [-0.05, 0) is 81.9 Å². The molecule has 7 N–H and O–H groups in total. The van der Waals surface area contributed by atoms with Gasteiger partial charge >= 0.3 is 5.97 Å². The number of hydrogen-bond donors (Lipinski definition) is 7. The summed E-state index contributed by atoms with van der Waals surface area (Å²) in [5, 5.41) is 60.4. The van der Waals surface area contributed by atoms with E-state index in [1.807, 2.05) is 6.08 Å². The molecule has 14 nitrogen and oxygen atoms in total. The second-order valence-corrected chi connectivity index (χ2v) is 14.4. The summed E-state index contributed by atoms with van der Waals surface area (Å²) in [5.74, 6) is -1.45. The highest BCUT2D eigenvalue weighted by Gasteiger charge is 2.47. The molecule has 0 aliphatic carbocycles. The maximum Gasteiger partial charge on any atom is 0.335 e. The molecule has 0 aromatic heterocycles. The number of aromatic hydroxyl groups is 2. The van der Waals surface area contributed by atoms with Gasteiger partial charge in [0.1, 0.15) is 36.0 Å². The number of carbonyl (C=O) groups is 4. The molecule has 1 aromatic rings. The van der Waals surface area contributed by atoms with Crippen LogP contribution in [0.4, 0.5) is 0 Å². The molecule has 1 amide bonds. The monoisotopic (exact) mass is 779 g/mol. The number of amides is 1. The lowest BCUT2D eigenvalue weighted by Gasteiger charge is -2.38. The number of ether oxygens (including phenoxy) is 3. The largest absolute Gasteiger partial charge is 0.504 e. The predicted molar refractivity (Wildman–Crippen MR) is 204 cm³/mol. The standard InChI is InChI=1S/C41H65NO13/c1-53-34(39(50)42-26-25-29-23-24-32(45)33(46)28-29)22-16-9-5-4-8-13-19-31(44)21-15-11-14-20-30(43)18-12-7-3-2-6-10-17-27-54-41-37(49)35(47)36(48)38(55-41)40(51)52/h5,9,23-24,28,34-38,41,45-49H,2-4,6-8,10-22,25-27H2,1H3,(H,42,50)(H,51,52)/b9-5-/t34?,35-,36-,37+,38-,41+/m1/s1. The number of methoxy groups -OCH3 is 1. The first-order valence-electron chi connectivity index (χ1n) is 20.0. The van der Waals surface area contributed by atoms with Crippen LogP contribution in [0, 0.1) is 0 Å². The first-order valence-corrected chi connectivity index (χ1v) is 20.0. The molecule has 14 heteroatoms. The highest BCUT2D eigenvalue weighted by molar-refractivity contribution is 5.80. The minimum Gasteiger partial charge on any atom is -0.504 e. The number of phenolic OH excluding ortho intramolecular Hbond substituents is 2. The van der Waals surface area contributed by atoms with E-state index in [0.29, 0.717) is 57.9 Å². The van der Waals surface area contributed by atoms with Crippen LogP contribution in [0.2, 0.25) is 0 Å². The Morgan fingerprint density at radius 2 is 1.31 bits per heavy atom. The molecule has 0 bridgehead atoms. The number of allylic oxidation sites excluding steroid dienone is 2. The summed E-state index contributed by atoms with van der Waals surface area (Å²) in [6.07, 6.45) is 11.2. The third-order valence-electron chi connectivity index (χ3n) is 9.77. The SMILES string of the molecule is COC(CC/C=C\CCCCC(=O)CCCCCC(=O)CCCCCCCCCO[C@H]1O[C@@H](C(=O)O)[C@H](O)[C@@H](O)[C@@H]1O)C(=O)NCCc1ccc(O)c(O)c1. The molecule has 1 heterocycles. The number of Topliss-reactive ketones (excluding diaryl/α,β-unsaturated/α-hetero) is 2. The first-order chi connectivity index (χ1) is 26.4. The van der Waals surface area contributed by atoms with Gasteiger partial charge < -0.3 is 50.2 Å². The Kier molecular flexibility index (Phi) is 24.4. The summed E-state index contributed by atoms with van der Waals surface area (Å²) in [6.45, 7) is 0.614. The quantitative estimate of drug-likeness (QED) is 0.0306. The number of carboxylic acid groups (broad SMARTS) is 1. The molecule has 2 rings (SSSR count). The van der Waals surface area contributed by atoms with E-state index < -0.39 is 42.8 Å². The third-order valence-corrected chi connectivity index (χ3v) is 9.77. The van der Waals surface area contributed by atoms with Crippen LogP contribution in [0.15, 0.2) is 30.4 Å². The summed E-state index contributed by atoms with van der Waals surface area (Å²) in [7, 11) is 1.51. The number of phenols is 2. The maximum absolute atomic E-state index is 12.4. The van der Waals surface area contributed by atoms with E-state index >= 15 is 0 Å². The predicted octanol–water partition coefficient (Wildman–Crippen LogP) is 4.79. The van der Waals surface area contributed by atoms with E-state index in [1.165, 1.54) is 19.2 Å². The van der Waals surface area contributed by atoms with Gasteiger partial charge in [0.25, 0.3) is 0 Å². The first kappa shape index (κ1) is 47.8. The number of nitrogens with one attached hydrogen (secondary N) is 1. The minimum atomic E-state index is -1.73. The van der Waals surface area contributed by atoms with Crippen molar-refractivity contribution in [3.63, 3.8) is 0 Å². The number of unbranched alkanes of at least 4 members (excludes halogenated alkanes) is 10. The van der Waals surface area contributed by atoms with E-state index in [4.69, 9.17) is 19.3 Å². The number of rotatable bonds is 31. The molecule has 1 fully saturated rings. The number of benzene rings is 1. The number of carboxylic acids is 1. The van der Waals surface area contributed by atoms with Crippen LogP contribution in [0.25, 0.3) is 0 Å². The lowest BCUT2D eigenvalue weighted by Crippen LogP contribution is -2.60. The lowest BCUT2D eigenvalue weighted by molar-refractivity contribution is -0.294. The molecule has 1 saturated heterocycles. The Hall–Kier alpha value is -3.40. The molecule has 0 spiro atoms. The maximum atomic E-state index is 12.4. The fourth-order valence-corrected chi connectivity index (χ4v) is 6.36. The second-order valence-electron chi connectivity index (χ2n) is 14.4. The number of carbonyl (C=O) groups excluding carboxylic acids is 3. The Morgan fingerprint density at radius 1 is 0.745 bits per heavy atom. The number of aliphatic hydroxyl groups excluding tert-OH is 3. The topological polar surface area (TPSA) is 229 Å². The molecule has 1 unspecified atom stereocenters. The van der Waals surface area contributed by atoms with Gasteiger partial charge in [-0.3, -0.25) is 14.4 Å². The highest BCUT2D eigenvalue weighted by atomic mass is 16.7. The van der Waals surface area contributed by atoms with Crippen molar-refractivity contribution in [2.24, 2.45) is 0 Å². The highest BCUT2D eigenvalue weighted by Crippen LogP contribution is 2.25. The van der Waals surface area contributed by atoms with Crippen LogP contribution < -0.4 is 5.32 Å². The zero-order valence-corrected chi connectivity index (χ0v) is 32.4. The summed E-state index contributed by atoms with van der Waals surface area (Å²) in [6, 6.07) is 4.58. The van der Waals surface area contributed by atoms with Crippen molar-refractivity contribution in [3.05, 3.63) is 35.9 Å². The van der Waals surface area contributed by atoms with Crippen LogP contribution in [-0.4, -0.2) is 111 Å². The number of ketones is 2. The van der Waals surface area contributed by atoms with Gasteiger partial charge in [-0.2, -0.15) is 0 Å². The normalized spacial score (nSPS) is 20.4. The van der Waals surface area contributed by atoms with Crippen LogP contribution >= 0.6 is 0 Å². The number of aliphatic hydroxyl groups is 3. The van der Waals surface area contributed by atoms with Crippen LogP contribution in [0.5, 0.6) is 11.5 Å². The number of hydrogen-bond acceptors (Lipinski definition) is 12. The van der Waals surface area contributed by atoms with Crippen molar-refractivity contribution < 1.29 is 64.0 Å². The molecule has 6 atom stereocenters. The summed E-state index contributed by atoms with van der Waals surface area (Å²) >= 11 is 0. The smallest absolute Gasteiger partial charge is 0.335 e. The fourth-order valence-electron chi connectivity index (χ4n) is 6.36. The van der Waals surface area contributed by atoms with Crippen molar-refractivity contribution in [2.75, 3.05) is 20.3 Å². The molecule has 312 valence electrons. The summed E-state index contributed by atoms with van der Waals surface area (Å²) in [4.78, 5) is 48.1. The van der Waals surface area contributed by atoms with Crippen molar-refractivity contribution >= 4 is 23.4 Å². The Morgan fingerprint density at radius 3 is 1.91 bits per heavy atom. The minimum absolute atomic E-state index is 0.179. The van der Waals surface area contributed by atoms with Crippen molar-refractivity contribution in [1.29, 1.82) is 0 Å². The Labute approximate surface area is 325 Å². The van der Waals surface area contributed by atoms with Gasteiger partial charge in [-0.25, -0.2) is 4.79 Å². The molecule has 1 aliphatic rings. The van der Waals surface area contributed by atoms with Crippen molar-refractivity contribution in [1.82, 2.24) is 5.32 Å². The van der Waals surface area contributed by atoms with Gasteiger partial charge in [0.2, 0.25) is 5.91 Å². The zero-order chi connectivity index (χ0) is 40.4. The second kappa shape index (κ2) is 28.1. The molecule has 1 aliphatic heterocycles. The molecule has 0 radical (unpaired) electrons. The third kappa shape index (κ3) is 19.8. The van der Waals surface area contributed by atoms with E-state index in [2.05, 4.69) is 11.4 Å². The molecule has 1 aromatic carbocycles. The molecular formula is C41H65NO13. The zero-order valence-electron chi connectivity index (χ0n) is 32.4. The van der Waals surface area contributed by atoms with Gasteiger partial charge in [0.05, 0.1) is 0 Å². The average Bonchev–Trinajstić information content (AvgIpc) is 3.15. The van der Waals surface area contributed by atoms with Gasteiger partial charge in [0.15, 0.2) is 23.9 Å². The van der Waals surface area contributed by atoms with Crippen molar-refractivity contribution in [3.8, 4) is 11.5 Å². The van der Waals surface area contributed by atoms with Crippen LogP contribution in [0.1, 0.15) is 128 Å². The van der Waals surface area contributed by atoms with Crippen LogP contribution in [-0.2, 0) is 39.8 Å². The van der Waals surface area contributed by atoms with Gasteiger partial charge in [0, 0.05) is 45.9 Å². The number of aliphatic carboxylic acids is 1. The fraction of sp³-hybridized carbons (Fsp3) is 0.707. The summed E-state index contributed by atoms with van der Waals surface area (Å²) < 4.78 is 15.8. The lowest BCUT2D eigenvalue weighted by atomic mass is 9.99. The van der Waals surface area contributed by atoms with Gasteiger partial charge in [-0.1, -0.05) is 56.7 Å². The van der Waals surface area contributed by atoms with E-state index in [0.717, 1.165) is 82.6 Å².